The number of nitrogens with one attached hydrogen (secondary N) is 2. The third-order valence-corrected chi connectivity index (χ3v) is 8.51. The lowest BCUT2D eigenvalue weighted by Gasteiger charge is -2.19. The van der Waals surface area contributed by atoms with E-state index in [2.05, 4.69) is 101 Å². The van der Waals surface area contributed by atoms with Gasteiger partial charge in [-0.1, -0.05) is 96.1 Å². The first-order valence-electron chi connectivity index (χ1n) is 14.2. The van der Waals surface area contributed by atoms with Crippen LogP contribution in [0, 0.1) is 18.8 Å². The smallest absolute Gasteiger partial charge is 0.228 e. The van der Waals surface area contributed by atoms with Crippen LogP contribution in [0.3, 0.4) is 0 Å². The van der Waals surface area contributed by atoms with Crippen molar-refractivity contribution in [1.29, 1.82) is 0 Å². The maximum Gasteiger partial charge on any atom is 0.228 e. The molecule has 0 aliphatic heterocycles. The first kappa shape index (κ1) is 27.2. The van der Waals surface area contributed by atoms with Gasteiger partial charge in [0.05, 0.1) is 0 Å². The summed E-state index contributed by atoms with van der Waals surface area (Å²) in [7, 11) is 0. The van der Waals surface area contributed by atoms with E-state index in [1.807, 2.05) is 25.1 Å². The quantitative estimate of drug-likeness (QED) is 0.344. The molecule has 2 aliphatic rings. The topological polar surface area (TPSA) is 58.2 Å². The van der Waals surface area contributed by atoms with Crippen molar-refractivity contribution in [2.24, 2.45) is 11.8 Å². The van der Waals surface area contributed by atoms with Crippen LogP contribution >= 0.6 is 0 Å². The molecule has 4 nitrogen and oxygen atoms in total. The first-order valence-corrected chi connectivity index (χ1v) is 14.2. The Hall–Kier alpha value is -3.40. The Morgan fingerprint density at radius 1 is 0.615 bits per heavy atom. The van der Waals surface area contributed by atoms with Crippen molar-refractivity contribution in [3.05, 3.63) is 94.5 Å². The fourth-order valence-electron chi connectivity index (χ4n) is 5.52. The second-order valence-electron chi connectivity index (χ2n) is 13.6. The zero-order valence-corrected chi connectivity index (χ0v) is 24.4. The molecule has 0 heterocycles. The molecule has 3 aromatic carbocycles. The second-order valence-corrected chi connectivity index (χ2v) is 13.6. The van der Waals surface area contributed by atoms with E-state index in [-0.39, 0.29) is 46.3 Å². The molecule has 0 unspecified atom stereocenters. The lowest BCUT2D eigenvalue weighted by atomic mass is 9.86. The van der Waals surface area contributed by atoms with Crippen LogP contribution in [0.25, 0.3) is 0 Å². The summed E-state index contributed by atoms with van der Waals surface area (Å²) in [6.45, 7) is 15.2. The molecule has 4 atom stereocenters. The Labute approximate surface area is 233 Å². The lowest BCUT2D eigenvalue weighted by molar-refractivity contribution is -0.118. The summed E-state index contributed by atoms with van der Waals surface area (Å²) >= 11 is 0. The van der Waals surface area contributed by atoms with Gasteiger partial charge < -0.3 is 10.6 Å². The van der Waals surface area contributed by atoms with Gasteiger partial charge in [0.1, 0.15) is 0 Å². The highest BCUT2D eigenvalue weighted by Gasteiger charge is 2.45. The second kappa shape index (κ2) is 9.97. The molecule has 2 N–H and O–H groups in total. The fourth-order valence-corrected chi connectivity index (χ4v) is 5.52. The van der Waals surface area contributed by atoms with Crippen molar-refractivity contribution in [2.45, 2.75) is 84.0 Å². The predicted molar refractivity (Wildman–Crippen MR) is 160 cm³/mol. The van der Waals surface area contributed by atoms with Crippen LogP contribution < -0.4 is 10.6 Å². The van der Waals surface area contributed by atoms with Crippen molar-refractivity contribution in [3.63, 3.8) is 0 Å². The molecular weight excluding hydrogens is 480 g/mol. The van der Waals surface area contributed by atoms with Gasteiger partial charge in [-0.05, 0) is 82.4 Å². The van der Waals surface area contributed by atoms with E-state index in [9.17, 15) is 9.59 Å². The molecule has 0 bridgehead atoms. The molecule has 2 aliphatic carbocycles. The number of hydrogen-bond acceptors (Lipinski definition) is 2. The number of carbonyl (C=O) groups excluding carboxylic acids is 2. The van der Waals surface area contributed by atoms with Crippen LogP contribution in [-0.2, 0) is 20.4 Å². The Morgan fingerprint density at radius 3 is 1.31 bits per heavy atom. The van der Waals surface area contributed by atoms with E-state index in [1.54, 1.807) is 0 Å². The van der Waals surface area contributed by atoms with Crippen molar-refractivity contribution >= 4 is 23.2 Å². The zero-order valence-electron chi connectivity index (χ0n) is 24.4. The zero-order chi connectivity index (χ0) is 28.1. The minimum Gasteiger partial charge on any atom is -0.326 e. The van der Waals surface area contributed by atoms with E-state index in [4.69, 9.17) is 0 Å². The molecule has 2 saturated carbocycles. The highest BCUT2D eigenvalue weighted by atomic mass is 16.2. The molecule has 39 heavy (non-hydrogen) atoms. The van der Waals surface area contributed by atoms with Gasteiger partial charge in [0.2, 0.25) is 11.8 Å². The Morgan fingerprint density at radius 2 is 0.974 bits per heavy atom. The van der Waals surface area contributed by atoms with Gasteiger partial charge in [-0.3, -0.25) is 9.59 Å². The normalized spacial score (nSPS) is 22.2. The standard InChI is InChI=1S/C35H42N2O2/c1-21-30(36-32(38)28-19-26(28)22-11-15-24(16-12-22)34(2,3)4)9-8-10-31(21)37-33(39)29-20-27(29)23-13-17-25(18-14-23)35(5,6)7/h8-18,26-29H,19-20H2,1-7H3,(H,36,38)(H,37,39)/t26-,27+,28-,29+. The summed E-state index contributed by atoms with van der Waals surface area (Å²) in [5.41, 5.74) is 7.72. The first-order chi connectivity index (χ1) is 18.3. The van der Waals surface area contributed by atoms with Crippen molar-refractivity contribution in [1.82, 2.24) is 0 Å². The molecule has 0 saturated heterocycles. The maximum atomic E-state index is 13.1. The highest BCUT2D eigenvalue weighted by molar-refractivity contribution is 5.99. The van der Waals surface area contributed by atoms with Crippen LogP contribution in [-0.4, -0.2) is 11.8 Å². The summed E-state index contributed by atoms with van der Waals surface area (Å²) in [5.74, 6) is 0.609. The lowest BCUT2D eigenvalue weighted by Crippen LogP contribution is -2.18. The van der Waals surface area contributed by atoms with Gasteiger partial charge in [0.15, 0.2) is 0 Å². The summed E-state index contributed by atoms with van der Waals surface area (Å²) in [5, 5.41) is 6.26. The summed E-state index contributed by atoms with van der Waals surface area (Å²) in [4.78, 5) is 26.2. The predicted octanol–water partition coefficient (Wildman–Crippen LogP) is 8.07. The SMILES string of the molecule is Cc1c(NC(=O)[C@H]2C[C@H]2c2ccc(C(C)(C)C)cc2)cccc1NC(=O)[C@@H]1C[C@@H]1c1ccc(C(C)(C)C)cc1. The minimum absolute atomic E-state index is 0.0139. The summed E-state index contributed by atoms with van der Waals surface area (Å²) in [6, 6.07) is 23.1. The summed E-state index contributed by atoms with van der Waals surface area (Å²) in [6.07, 6.45) is 1.74. The van der Waals surface area contributed by atoms with Gasteiger partial charge in [-0.15, -0.1) is 0 Å². The molecule has 0 aromatic heterocycles. The largest absolute Gasteiger partial charge is 0.326 e. The van der Waals surface area contributed by atoms with Crippen LogP contribution in [0.15, 0.2) is 66.7 Å². The molecule has 0 radical (unpaired) electrons. The summed E-state index contributed by atoms with van der Waals surface area (Å²) < 4.78 is 0. The van der Waals surface area contributed by atoms with Crippen molar-refractivity contribution < 1.29 is 9.59 Å². The third kappa shape index (κ3) is 5.95. The number of amides is 2. The average molecular weight is 523 g/mol. The molecule has 2 fully saturated rings. The van der Waals surface area contributed by atoms with Crippen LogP contribution in [0.5, 0.6) is 0 Å². The van der Waals surface area contributed by atoms with E-state index in [1.165, 1.54) is 22.3 Å². The molecule has 204 valence electrons. The molecule has 0 spiro atoms. The van der Waals surface area contributed by atoms with Gasteiger partial charge in [0.25, 0.3) is 0 Å². The Balaban J connectivity index is 1.18. The maximum absolute atomic E-state index is 13.1. The number of benzene rings is 3. The van der Waals surface area contributed by atoms with Crippen LogP contribution in [0.2, 0.25) is 0 Å². The van der Waals surface area contributed by atoms with Crippen LogP contribution in [0.1, 0.15) is 94.0 Å². The molecule has 3 aromatic rings. The average Bonchev–Trinajstić information content (AvgIpc) is 3.79. The van der Waals surface area contributed by atoms with Gasteiger partial charge in [-0.2, -0.15) is 0 Å². The van der Waals surface area contributed by atoms with E-state index in [0.29, 0.717) is 0 Å². The highest BCUT2D eigenvalue weighted by Crippen LogP contribution is 2.49. The number of hydrogen-bond donors (Lipinski definition) is 2. The third-order valence-electron chi connectivity index (χ3n) is 8.51. The van der Waals surface area contributed by atoms with Gasteiger partial charge >= 0.3 is 0 Å². The minimum atomic E-state index is -0.0139. The fraction of sp³-hybridized carbons (Fsp3) is 0.429. The van der Waals surface area contributed by atoms with Gasteiger partial charge in [-0.25, -0.2) is 0 Å². The number of rotatable bonds is 6. The molecular formula is C35H42N2O2. The number of carbonyl (C=O) groups is 2. The Kier molecular flexibility index (Phi) is 6.95. The molecule has 2 amide bonds. The van der Waals surface area contributed by atoms with E-state index < -0.39 is 0 Å². The van der Waals surface area contributed by atoms with Crippen molar-refractivity contribution in [2.75, 3.05) is 10.6 Å². The van der Waals surface area contributed by atoms with Crippen molar-refractivity contribution in [3.8, 4) is 0 Å². The van der Waals surface area contributed by atoms with Gasteiger partial charge in [0, 0.05) is 23.2 Å². The molecule has 4 heteroatoms. The van der Waals surface area contributed by atoms with Crippen LogP contribution in [0.4, 0.5) is 11.4 Å². The number of anilines is 2. The van der Waals surface area contributed by atoms with E-state index in [0.717, 1.165) is 29.8 Å². The monoisotopic (exact) mass is 522 g/mol. The Bertz CT molecular complexity index is 1270. The molecule has 5 rings (SSSR count). The van der Waals surface area contributed by atoms with E-state index >= 15 is 0 Å².